The molecule has 1 amide bonds. The van der Waals surface area contributed by atoms with Crippen LogP contribution in [0, 0.1) is 0 Å². The summed E-state index contributed by atoms with van der Waals surface area (Å²) in [6.45, 7) is 8.75. The van der Waals surface area contributed by atoms with Gasteiger partial charge in [-0.3, -0.25) is 9.69 Å². The number of likely N-dealkylation sites (N-methyl/N-ethyl adjacent to an activating group) is 1. The number of nitrogens with zero attached hydrogens (tertiary/aromatic N) is 3. The summed E-state index contributed by atoms with van der Waals surface area (Å²) in [5, 5.41) is 7.15. The van der Waals surface area contributed by atoms with E-state index in [4.69, 9.17) is 4.74 Å². The van der Waals surface area contributed by atoms with E-state index in [1.807, 2.05) is 0 Å². The molecule has 2 N–H and O–H groups in total. The summed E-state index contributed by atoms with van der Waals surface area (Å²) in [4.78, 5) is 20.1. The summed E-state index contributed by atoms with van der Waals surface area (Å²) >= 11 is 1.80. The van der Waals surface area contributed by atoms with Crippen molar-refractivity contribution in [3.05, 3.63) is 0 Å². The SMILES string of the molecule is CSC(C)CNC(=NCC(=O)N(C)C)NCCCN1CCOCC1. The second-order valence-electron chi connectivity index (χ2n) is 6.11. The molecule has 1 aliphatic rings. The predicted molar refractivity (Wildman–Crippen MR) is 102 cm³/mol. The van der Waals surface area contributed by atoms with E-state index < -0.39 is 0 Å². The Balaban J connectivity index is 2.35. The third-order valence-corrected chi connectivity index (χ3v) is 4.85. The van der Waals surface area contributed by atoms with Gasteiger partial charge in [-0.15, -0.1) is 0 Å². The monoisotopic (exact) mass is 359 g/mol. The van der Waals surface area contributed by atoms with Gasteiger partial charge in [0.1, 0.15) is 6.54 Å². The Morgan fingerprint density at radius 2 is 2.04 bits per heavy atom. The summed E-state index contributed by atoms with van der Waals surface area (Å²) < 4.78 is 5.36. The summed E-state index contributed by atoms with van der Waals surface area (Å²) in [6, 6.07) is 0. The Hall–Kier alpha value is -0.990. The van der Waals surface area contributed by atoms with Gasteiger partial charge in [-0.25, -0.2) is 4.99 Å². The zero-order valence-corrected chi connectivity index (χ0v) is 16.3. The molecular formula is C16H33N5O2S. The van der Waals surface area contributed by atoms with Crippen LogP contribution in [0.5, 0.6) is 0 Å². The highest BCUT2D eigenvalue weighted by atomic mass is 32.2. The quantitative estimate of drug-likeness (QED) is 0.345. The van der Waals surface area contributed by atoms with Gasteiger partial charge >= 0.3 is 0 Å². The first-order valence-electron chi connectivity index (χ1n) is 8.58. The standard InChI is InChI=1S/C16H33N5O2S/c1-14(24-4)12-18-16(19-13-15(22)20(2)3)17-6-5-7-21-8-10-23-11-9-21/h14H,5-13H2,1-4H3,(H2,17,18,19). The van der Waals surface area contributed by atoms with Crippen molar-refractivity contribution in [2.45, 2.75) is 18.6 Å². The van der Waals surface area contributed by atoms with E-state index in [1.54, 1.807) is 30.8 Å². The fraction of sp³-hybridized carbons (Fsp3) is 0.875. The van der Waals surface area contributed by atoms with Crippen LogP contribution in [0.2, 0.25) is 0 Å². The third kappa shape index (κ3) is 9.34. The molecule has 1 unspecified atom stereocenters. The van der Waals surface area contributed by atoms with Gasteiger partial charge in [0.2, 0.25) is 5.91 Å². The van der Waals surface area contributed by atoms with E-state index in [2.05, 4.69) is 33.7 Å². The second kappa shape index (κ2) is 12.4. The number of thioether (sulfide) groups is 1. The van der Waals surface area contributed by atoms with Gasteiger partial charge in [0, 0.05) is 45.5 Å². The molecule has 0 bridgehead atoms. The summed E-state index contributed by atoms with van der Waals surface area (Å²) in [7, 11) is 3.49. The van der Waals surface area contributed by atoms with Crippen LogP contribution in [0.1, 0.15) is 13.3 Å². The smallest absolute Gasteiger partial charge is 0.243 e. The molecule has 1 rings (SSSR count). The number of hydrogen-bond donors (Lipinski definition) is 2. The van der Waals surface area contributed by atoms with Crippen LogP contribution in [-0.2, 0) is 9.53 Å². The highest BCUT2D eigenvalue weighted by Gasteiger charge is 2.10. The van der Waals surface area contributed by atoms with Crippen molar-refractivity contribution in [2.75, 3.05) is 72.8 Å². The first kappa shape index (κ1) is 21.1. The van der Waals surface area contributed by atoms with Crippen LogP contribution >= 0.6 is 11.8 Å². The van der Waals surface area contributed by atoms with E-state index in [9.17, 15) is 4.79 Å². The minimum Gasteiger partial charge on any atom is -0.379 e. The van der Waals surface area contributed by atoms with E-state index >= 15 is 0 Å². The van der Waals surface area contributed by atoms with Crippen LogP contribution in [0.4, 0.5) is 0 Å². The minimum atomic E-state index is 0.00216. The molecular weight excluding hydrogens is 326 g/mol. The molecule has 8 heteroatoms. The number of rotatable bonds is 9. The maximum absolute atomic E-state index is 11.7. The highest BCUT2D eigenvalue weighted by molar-refractivity contribution is 7.99. The Morgan fingerprint density at radius 3 is 2.67 bits per heavy atom. The van der Waals surface area contributed by atoms with Crippen LogP contribution in [-0.4, -0.2) is 99.7 Å². The topological polar surface area (TPSA) is 69.2 Å². The molecule has 1 heterocycles. The molecule has 140 valence electrons. The van der Waals surface area contributed by atoms with Gasteiger partial charge in [0.25, 0.3) is 0 Å². The van der Waals surface area contributed by atoms with Gasteiger partial charge in [-0.05, 0) is 19.2 Å². The highest BCUT2D eigenvalue weighted by Crippen LogP contribution is 2.02. The number of nitrogens with one attached hydrogen (secondary N) is 2. The van der Waals surface area contributed by atoms with E-state index in [1.165, 1.54) is 0 Å². The molecule has 0 saturated carbocycles. The molecule has 1 fully saturated rings. The van der Waals surface area contributed by atoms with Crippen molar-refractivity contribution in [3.63, 3.8) is 0 Å². The molecule has 0 aromatic carbocycles. The van der Waals surface area contributed by atoms with Crippen molar-refractivity contribution in [3.8, 4) is 0 Å². The fourth-order valence-corrected chi connectivity index (χ4v) is 2.37. The van der Waals surface area contributed by atoms with Crippen molar-refractivity contribution in [1.82, 2.24) is 20.4 Å². The average molecular weight is 360 g/mol. The summed E-state index contributed by atoms with van der Waals surface area (Å²) in [5.74, 6) is 0.718. The van der Waals surface area contributed by atoms with Crippen molar-refractivity contribution in [1.29, 1.82) is 0 Å². The second-order valence-corrected chi connectivity index (χ2v) is 7.39. The van der Waals surface area contributed by atoms with Crippen LogP contribution < -0.4 is 10.6 Å². The molecule has 7 nitrogen and oxygen atoms in total. The third-order valence-electron chi connectivity index (χ3n) is 3.88. The summed E-state index contributed by atoms with van der Waals surface area (Å²) in [5.41, 5.74) is 0. The predicted octanol–water partition coefficient (Wildman–Crippen LogP) is 0.0836. The first-order chi connectivity index (χ1) is 11.5. The van der Waals surface area contributed by atoms with Crippen LogP contribution in [0.25, 0.3) is 0 Å². The number of guanidine groups is 1. The molecule has 0 aliphatic carbocycles. The van der Waals surface area contributed by atoms with Gasteiger partial charge in [-0.2, -0.15) is 11.8 Å². The molecule has 0 aromatic rings. The first-order valence-corrected chi connectivity index (χ1v) is 9.87. The molecule has 0 radical (unpaired) electrons. The molecule has 1 aliphatic heterocycles. The van der Waals surface area contributed by atoms with Crippen LogP contribution in [0.15, 0.2) is 4.99 Å². The van der Waals surface area contributed by atoms with Gasteiger partial charge in [0.15, 0.2) is 5.96 Å². The van der Waals surface area contributed by atoms with Crippen molar-refractivity contribution in [2.24, 2.45) is 4.99 Å². The Bertz CT molecular complexity index is 387. The number of carbonyl (C=O) groups is 1. The Morgan fingerprint density at radius 1 is 1.33 bits per heavy atom. The number of carbonyl (C=O) groups excluding carboxylic acids is 1. The van der Waals surface area contributed by atoms with E-state index in [-0.39, 0.29) is 12.5 Å². The van der Waals surface area contributed by atoms with Crippen LogP contribution in [0.3, 0.4) is 0 Å². The molecule has 24 heavy (non-hydrogen) atoms. The zero-order valence-electron chi connectivity index (χ0n) is 15.5. The lowest BCUT2D eigenvalue weighted by molar-refractivity contribution is -0.127. The van der Waals surface area contributed by atoms with Gasteiger partial charge in [0.05, 0.1) is 13.2 Å². The fourth-order valence-electron chi connectivity index (χ4n) is 2.12. The lowest BCUT2D eigenvalue weighted by atomic mass is 10.3. The summed E-state index contributed by atoms with van der Waals surface area (Å²) in [6.07, 6.45) is 3.13. The zero-order chi connectivity index (χ0) is 17.8. The number of hydrogen-bond acceptors (Lipinski definition) is 5. The molecule has 1 saturated heterocycles. The van der Waals surface area contributed by atoms with Crippen molar-refractivity contribution >= 4 is 23.6 Å². The van der Waals surface area contributed by atoms with Gasteiger partial charge in [-0.1, -0.05) is 6.92 Å². The number of aliphatic imine (C=N–C) groups is 1. The maximum Gasteiger partial charge on any atom is 0.243 e. The molecule has 0 spiro atoms. The lowest BCUT2D eigenvalue weighted by Gasteiger charge is -2.26. The lowest BCUT2D eigenvalue weighted by Crippen LogP contribution is -2.42. The van der Waals surface area contributed by atoms with Gasteiger partial charge < -0.3 is 20.3 Å². The average Bonchev–Trinajstić information content (AvgIpc) is 2.60. The van der Waals surface area contributed by atoms with Crippen molar-refractivity contribution < 1.29 is 9.53 Å². The largest absolute Gasteiger partial charge is 0.379 e. The Labute approximate surface area is 150 Å². The normalized spacial score (nSPS) is 17.4. The molecule has 0 aromatic heterocycles. The molecule has 1 atom stereocenters. The maximum atomic E-state index is 11.7. The van der Waals surface area contributed by atoms with E-state index in [0.717, 1.165) is 52.4 Å². The van der Waals surface area contributed by atoms with E-state index in [0.29, 0.717) is 11.2 Å². The Kier molecular flexibility index (Phi) is 10.9. The number of morpholine rings is 1. The minimum absolute atomic E-state index is 0.00216. The number of ether oxygens (including phenoxy) is 1. The number of amides is 1.